The lowest BCUT2D eigenvalue weighted by molar-refractivity contribution is 0.0406. The molecule has 1 aliphatic rings. The zero-order valence-corrected chi connectivity index (χ0v) is 54.1. The van der Waals surface area contributed by atoms with Gasteiger partial charge in [0.25, 0.3) is 20.1 Å². The summed E-state index contributed by atoms with van der Waals surface area (Å²) in [5.41, 5.74) is 3.95. The summed E-state index contributed by atoms with van der Waals surface area (Å²) in [7, 11) is -7.05. The molecule has 5 aromatic rings. The summed E-state index contributed by atoms with van der Waals surface area (Å²) >= 11 is 0. The second kappa shape index (κ2) is 25.0. The molecule has 0 aromatic heterocycles. The van der Waals surface area contributed by atoms with Crippen LogP contribution in [0, 0.1) is 6.92 Å². The Labute approximate surface area is 475 Å². The number of hydrogen-bond donors (Lipinski definition) is 1. The second-order valence-electron chi connectivity index (χ2n) is 27.0. The van der Waals surface area contributed by atoms with Crippen molar-refractivity contribution in [1.29, 1.82) is 0 Å². The molecule has 6 rings (SSSR count). The molecule has 1 saturated carbocycles. The summed E-state index contributed by atoms with van der Waals surface area (Å²) in [6.45, 7) is 39.5. The third-order valence-electron chi connectivity index (χ3n) is 18.3. The van der Waals surface area contributed by atoms with Crippen LogP contribution in [0.25, 0.3) is 0 Å². The Balaban J connectivity index is 1.25. The molecule has 5 aromatic carbocycles. The van der Waals surface area contributed by atoms with E-state index < -0.39 is 36.6 Å². The highest BCUT2D eigenvalue weighted by atomic mass is 28.4. The van der Waals surface area contributed by atoms with Gasteiger partial charge in [-0.05, 0) is 152 Å². The minimum absolute atomic E-state index is 0.0135. The highest BCUT2D eigenvalue weighted by Crippen LogP contribution is 2.42. The van der Waals surface area contributed by atoms with Gasteiger partial charge in [0.15, 0.2) is 8.32 Å². The number of benzene rings is 5. The van der Waals surface area contributed by atoms with E-state index in [0.717, 1.165) is 60.1 Å². The zero-order valence-electron chi connectivity index (χ0n) is 51.1. The highest BCUT2D eigenvalue weighted by molar-refractivity contribution is 6.99. The Bertz CT molecular complexity index is 2710. The van der Waals surface area contributed by atoms with Crippen LogP contribution in [-0.4, -0.2) is 89.6 Å². The zero-order chi connectivity index (χ0) is 57.5. The normalized spacial score (nSPS) is 15.0. The number of aliphatic hydroxyl groups is 1. The van der Waals surface area contributed by atoms with E-state index >= 15 is 9.59 Å². The van der Waals surface area contributed by atoms with Crippen LogP contribution in [0.1, 0.15) is 165 Å². The van der Waals surface area contributed by atoms with Gasteiger partial charge in [-0.3, -0.25) is 9.59 Å². The first kappa shape index (κ1) is 62.6. The van der Waals surface area contributed by atoms with Gasteiger partial charge in [-0.15, -0.1) is 0 Å². The van der Waals surface area contributed by atoms with Crippen molar-refractivity contribution in [2.45, 2.75) is 200 Å². The van der Waals surface area contributed by atoms with Gasteiger partial charge >= 0.3 is 0 Å². The van der Waals surface area contributed by atoms with Crippen LogP contribution in [0.2, 0.25) is 41.3 Å². The standard InChI is InChI=1S/C67H98N2O6Si3/c1-18-67(43-27-28-44-67)69(46-48-74-78(65(9,10)11,57-30-21-19-22-31-57)58-32-23-20-24-33-58)61(71)59-34-26-25-29-52(59)37-40-55(70)50-53-36-35-51(2)49-60(53)62(72)68(45-47-73-76(14,15)63(3,4)5)66(12,13)54-38-41-56(42-39-54)75-77(16,17)64(6,7)8/h19-26,29-36,38-39,41-42,49,55,70H,18,27-28,37,40,43-48,50H2,1-17H3. The summed E-state index contributed by atoms with van der Waals surface area (Å²) in [5.74, 6) is 0.771. The fourth-order valence-corrected chi connectivity index (χ4v) is 17.8. The molecular formula is C67H98N2O6Si3. The van der Waals surface area contributed by atoms with E-state index in [2.05, 4.69) is 187 Å². The van der Waals surface area contributed by atoms with Gasteiger partial charge in [0.2, 0.25) is 8.32 Å². The predicted octanol–water partition coefficient (Wildman–Crippen LogP) is 15.1. The topological polar surface area (TPSA) is 88.5 Å². The SMILES string of the molecule is CCC1(N(CCO[Si](c2ccccc2)(c2ccccc2)C(C)(C)C)C(=O)c2ccccc2CCC(O)Cc2ccc(C)cc2C(=O)N(CCO[Si](C)(C)C(C)(C)C)C(C)(C)c2ccc(O[Si](C)(C)C(C)(C)C)cc2)CCCC1. The van der Waals surface area contributed by atoms with Crippen LogP contribution in [0.4, 0.5) is 0 Å². The molecule has 1 fully saturated rings. The molecule has 2 amide bonds. The maximum atomic E-state index is 15.4. The molecule has 0 bridgehead atoms. The van der Waals surface area contributed by atoms with Gasteiger partial charge in [-0.2, -0.15) is 0 Å². The van der Waals surface area contributed by atoms with E-state index in [1.807, 2.05) is 66.4 Å². The lowest BCUT2D eigenvalue weighted by Gasteiger charge is -2.45. The van der Waals surface area contributed by atoms with E-state index in [4.69, 9.17) is 13.3 Å². The minimum atomic E-state index is -2.85. The first-order valence-corrected chi connectivity index (χ1v) is 36.8. The Kier molecular flexibility index (Phi) is 20.1. The Morgan fingerprint density at radius 2 is 1.15 bits per heavy atom. The fraction of sp³-hybridized carbons (Fsp3) is 0.522. The molecule has 0 aliphatic heterocycles. The Morgan fingerprint density at radius 1 is 0.615 bits per heavy atom. The van der Waals surface area contributed by atoms with E-state index in [1.165, 1.54) is 10.4 Å². The molecule has 0 spiro atoms. The first-order valence-electron chi connectivity index (χ1n) is 29.1. The van der Waals surface area contributed by atoms with Crippen LogP contribution in [0.5, 0.6) is 5.75 Å². The Hall–Kier alpha value is -4.63. The molecule has 0 heterocycles. The number of rotatable bonds is 23. The molecule has 11 heteroatoms. The smallest absolute Gasteiger partial charge is 0.261 e. The van der Waals surface area contributed by atoms with E-state index in [9.17, 15) is 5.11 Å². The van der Waals surface area contributed by atoms with E-state index in [1.54, 1.807) is 0 Å². The third kappa shape index (κ3) is 14.1. The van der Waals surface area contributed by atoms with Crippen molar-refractivity contribution >= 4 is 47.1 Å². The number of carbonyl (C=O) groups excluding carboxylic acids is 2. The molecule has 1 unspecified atom stereocenters. The number of nitrogens with zero attached hydrogens (tertiary/aromatic N) is 2. The number of aliphatic hydroxyl groups excluding tert-OH is 1. The number of hydrogen-bond acceptors (Lipinski definition) is 6. The summed E-state index contributed by atoms with van der Waals surface area (Å²) in [4.78, 5) is 34.9. The quantitative estimate of drug-likeness (QED) is 0.0656. The summed E-state index contributed by atoms with van der Waals surface area (Å²) in [6.07, 6.45) is 5.41. The molecule has 1 aliphatic carbocycles. The fourth-order valence-electron chi connectivity index (χ4n) is 11.2. The maximum Gasteiger partial charge on any atom is 0.261 e. The molecule has 0 saturated heterocycles. The monoisotopic (exact) mass is 1110 g/mol. The molecule has 1 atom stereocenters. The van der Waals surface area contributed by atoms with Crippen molar-refractivity contribution in [1.82, 2.24) is 9.80 Å². The average Bonchev–Trinajstić information content (AvgIpc) is 3.90. The second-order valence-corrected chi connectivity index (χ2v) is 40.8. The van der Waals surface area contributed by atoms with Crippen LogP contribution < -0.4 is 14.8 Å². The summed E-state index contributed by atoms with van der Waals surface area (Å²) < 4.78 is 20.9. The van der Waals surface area contributed by atoms with Crippen molar-refractivity contribution in [2.75, 3.05) is 26.3 Å². The van der Waals surface area contributed by atoms with Crippen LogP contribution >= 0.6 is 0 Å². The average molecular weight is 1110 g/mol. The van der Waals surface area contributed by atoms with E-state index in [-0.39, 0.29) is 38.9 Å². The van der Waals surface area contributed by atoms with Gasteiger partial charge in [-0.25, -0.2) is 0 Å². The summed E-state index contributed by atoms with van der Waals surface area (Å²) in [6, 6.07) is 43.7. The lowest BCUT2D eigenvalue weighted by Crippen LogP contribution is -2.67. The Morgan fingerprint density at radius 3 is 1.69 bits per heavy atom. The van der Waals surface area contributed by atoms with Gasteiger partial charge < -0.3 is 28.2 Å². The van der Waals surface area contributed by atoms with Crippen molar-refractivity contribution in [3.8, 4) is 5.75 Å². The highest BCUT2D eigenvalue weighted by Gasteiger charge is 2.51. The molecule has 1 N–H and O–H groups in total. The van der Waals surface area contributed by atoms with Crippen LogP contribution in [-0.2, 0) is 27.2 Å². The van der Waals surface area contributed by atoms with Crippen molar-refractivity contribution in [2.24, 2.45) is 0 Å². The third-order valence-corrected chi connectivity index (χ3v) is 32.2. The minimum Gasteiger partial charge on any atom is -0.544 e. The molecule has 78 heavy (non-hydrogen) atoms. The summed E-state index contributed by atoms with van der Waals surface area (Å²) in [5, 5.41) is 14.4. The van der Waals surface area contributed by atoms with E-state index in [0.29, 0.717) is 50.3 Å². The molecule has 424 valence electrons. The molecule has 0 radical (unpaired) electrons. The number of amides is 2. The molecular weight excluding hydrogens is 1010 g/mol. The van der Waals surface area contributed by atoms with Gasteiger partial charge in [0.05, 0.1) is 24.9 Å². The maximum absolute atomic E-state index is 15.4. The first-order chi connectivity index (χ1) is 36.4. The van der Waals surface area contributed by atoms with Crippen LogP contribution in [0.3, 0.4) is 0 Å². The molecule has 8 nitrogen and oxygen atoms in total. The van der Waals surface area contributed by atoms with Crippen molar-refractivity contribution in [3.63, 3.8) is 0 Å². The van der Waals surface area contributed by atoms with Crippen molar-refractivity contribution in [3.05, 3.63) is 161 Å². The van der Waals surface area contributed by atoms with Crippen molar-refractivity contribution < 1.29 is 28.0 Å². The lowest BCUT2D eigenvalue weighted by atomic mass is 9.89. The number of carbonyl (C=O) groups is 2. The predicted molar refractivity (Wildman–Crippen MR) is 333 cm³/mol. The van der Waals surface area contributed by atoms with Gasteiger partial charge in [0, 0.05) is 29.8 Å². The van der Waals surface area contributed by atoms with Gasteiger partial charge in [-0.1, -0.05) is 191 Å². The van der Waals surface area contributed by atoms with Crippen LogP contribution in [0.15, 0.2) is 127 Å². The number of aryl methyl sites for hydroxylation is 2. The van der Waals surface area contributed by atoms with Gasteiger partial charge in [0.1, 0.15) is 5.75 Å². The largest absolute Gasteiger partial charge is 0.544 e.